The summed E-state index contributed by atoms with van der Waals surface area (Å²) < 4.78 is 65.8. The zero-order valence-electron chi connectivity index (χ0n) is 10.9. The SMILES string of the molecule is O=S1(=O)N=Cc2cc(-c3ccc(C(F)(F)F)cc3)ccc2N1. The minimum Gasteiger partial charge on any atom is -0.265 e. The maximum Gasteiger partial charge on any atom is 0.416 e. The standard InChI is InChI=1S/C14H9F3N2O2S/c15-14(16,17)12-4-1-9(2-5-12)10-3-6-13-11(7-10)8-18-22(20,21)19-13/h1-8,19H. The van der Waals surface area contributed by atoms with Gasteiger partial charge < -0.3 is 0 Å². The number of rotatable bonds is 1. The van der Waals surface area contributed by atoms with Crippen LogP contribution in [0, 0.1) is 0 Å². The fraction of sp³-hybridized carbons (Fsp3) is 0.0714. The molecule has 0 amide bonds. The van der Waals surface area contributed by atoms with E-state index in [4.69, 9.17) is 0 Å². The van der Waals surface area contributed by atoms with E-state index in [1.807, 2.05) is 0 Å². The topological polar surface area (TPSA) is 58.5 Å². The molecule has 0 atom stereocenters. The second-order valence-electron chi connectivity index (χ2n) is 4.69. The van der Waals surface area contributed by atoms with Gasteiger partial charge >= 0.3 is 16.4 Å². The summed E-state index contributed by atoms with van der Waals surface area (Å²) in [4.78, 5) is 0. The molecular weight excluding hydrogens is 317 g/mol. The van der Waals surface area contributed by atoms with Gasteiger partial charge in [-0.15, -0.1) is 0 Å². The van der Waals surface area contributed by atoms with Crippen LogP contribution >= 0.6 is 0 Å². The summed E-state index contributed by atoms with van der Waals surface area (Å²) in [6, 6.07) is 9.58. The molecule has 0 bridgehead atoms. The van der Waals surface area contributed by atoms with Crippen molar-refractivity contribution in [1.82, 2.24) is 0 Å². The quantitative estimate of drug-likeness (QED) is 0.872. The molecule has 2 aromatic carbocycles. The van der Waals surface area contributed by atoms with Crippen LogP contribution in [0.3, 0.4) is 0 Å². The van der Waals surface area contributed by atoms with Crippen LogP contribution in [0.5, 0.6) is 0 Å². The summed E-state index contributed by atoms with van der Waals surface area (Å²) in [5.41, 5.74) is 1.47. The van der Waals surface area contributed by atoms with E-state index in [2.05, 4.69) is 9.12 Å². The minimum atomic E-state index is -4.38. The Labute approximate surface area is 124 Å². The lowest BCUT2D eigenvalue weighted by Gasteiger charge is -2.14. The van der Waals surface area contributed by atoms with Gasteiger partial charge in [-0.1, -0.05) is 18.2 Å². The van der Waals surface area contributed by atoms with Crippen molar-refractivity contribution in [3.63, 3.8) is 0 Å². The van der Waals surface area contributed by atoms with Gasteiger partial charge in [0.1, 0.15) is 0 Å². The lowest BCUT2D eigenvalue weighted by molar-refractivity contribution is -0.137. The molecule has 1 N–H and O–H groups in total. The molecule has 3 rings (SSSR count). The van der Waals surface area contributed by atoms with Crippen molar-refractivity contribution in [1.29, 1.82) is 0 Å². The summed E-state index contributed by atoms with van der Waals surface area (Å²) in [6.45, 7) is 0. The summed E-state index contributed by atoms with van der Waals surface area (Å²) in [6.07, 6.45) is -3.17. The van der Waals surface area contributed by atoms with Gasteiger partial charge in [0, 0.05) is 5.56 Å². The first-order valence-electron chi connectivity index (χ1n) is 6.14. The molecule has 1 aliphatic heterocycles. The highest BCUT2D eigenvalue weighted by atomic mass is 32.2. The van der Waals surface area contributed by atoms with Gasteiger partial charge in [-0.2, -0.15) is 26.0 Å². The van der Waals surface area contributed by atoms with E-state index in [1.54, 1.807) is 18.2 Å². The van der Waals surface area contributed by atoms with Crippen molar-refractivity contribution in [3.8, 4) is 11.1 Å². The van der Waals surface area contributed by atoms with E-state index in [-0.39, 0.29) is 0 Å². The van der Waals surface area contributed by atoms with Crippen LogP contribution < -0.4 is 4.72 Å². The lowest BCUT2D eigenvalue weighted by Crippen LogP contribution is -2.15. The van der Waals surface area contributed by atoms with Crippen molar-refractivity contribution >= 4 is 22.1 Å². The fourth-order valence-corrected chi connectivity index (χ4v) is 2.85. The number of fused-ring (bicyclic) bond motifs is 1. The van der Waals surface area contributed by atoms with Crippen molar-refractivity contribution in [2.45, 2.75) is 6.18 Å². The van der Waals surface area contributed by atoms with E-state index in [0.29, 0.717) is 22.4 Å². The molecule has 1 aliphatic rings. The highest BCUT2D eigenvalue weighted by molar-refractivity contribution is 7.91. The Balaban J connectivity index is 1.97. The third-order valence-electron chi connectivity index (χ3n) is 3.17. The Kier molecular flexibility index (Phi) is 3.21. The number of anilines is 1. The van der Waals surface area contributed by atoms with Crippen LogP contribution in [0.1, 0.15) is 11.1 Å². The first-order chi connectivity index (χ1) is 10.2. The highest BCUT2D eigenvalue weighted by Gasteiger charge is 2.30. The van der Waals surface area contributed by atoms with Crippen molar-refractivity contribution in [2.24, 2.45) is 4.40 Å². The van der Waals surface area contributed by atoms with E-state index < -0.39 is 21.9 Å². The van der Waals surface area contributed by atoms with E-state index in [1.165, 1.54) is 18.3 Å². The number of benzene rings is 2. The molecule has 0 saturated heterocycles. The van der Waals surface area contributed by atoms with Crippen molar-refractivity contribution in [3.05, 3.63) is 53.6 Å². The van der Waals surface area contributed by atoms with Crippen LogP contribution in [0.15, 0.2) is 46.9 Å². The van der Waals surface area contributed by atoms with Crippen molar-refractivity contribution < 1.29 is 21.6 Å². The van der Waals surface area contributed by atoms with Gasteiger partial charge in [-0.25, -0.2) is 0 Å². The van der Waals surface area contributed by atoms with Crippen LogP contribution in [0.25, 0.3) is 11.1 Å². The van der Waals surface area contributed by atoms with Crippen LogP contribution in [0.4, 0.5) is 18.9 Å². The van der Waals surface area contributed by atoms with Gasteiger partial charge in [-0.3, -0.25) is 4.72 Å². The van der Waals surface area contributed by atoms with Gasteiger partial charge in [0.2, 0.25) is 0 Å². The third-order valence-corrected chi connectivity index (χ3v) is 4.03. The second kappa shape index (κ2) is 4.84. The first kappa shape index (κ1) is 14.6. The Hall–Kier alpha value is -2.35. The summed E-state index contributed by atoms with van der Waals surface area (Å²) in [5, 5.41) is 0. The Bertz CT molecular complexity index is 857. The molecule has 0 fully saturated rings. The summed E-state index contributed by atoms with van der Waals surface area (Å²) >= 11 is 0. The number of hydrogen-bond acceptors (Lipinski definition) is 2. The summed E-state index contributed by atoms with van der Waals surface area (Å²) in [7, 11) is -3.70. The van der Waals surface area contributed by atoms with E-state index in [9.17, 15) is 21.6 Å². The number of halogens is 3. The lowest BCUT2D eigenvalue weighted by atomic mass is 10.0. The molecule has 0 saturated carbocycles. The number of nitrogens with zero attached hydrogens (tertiary/aromatic N) is 1. The number of hydrogen-bond donors (Lipinski definition) is 1. The Morgan fingerprint density at radius 2 is 1.59 bits per heavy atom. The predicted molar refractivity (Wildman–Crippen MR) is 77.0 cm³/mol. The molecule has 4 nitrogen and oxygen atoms in total. The number of nitrogens with one attached hydrogen (secondary N) is 1. The van der Waals surface area contributed by atoms with Crippen LogP contribution in [-0.2, 0) is 16.4 Å². The third kappa shape index (κ3) is 2.82. The Morgan fingerprint density at radius 3 is 2.23 bits per heavy atom. The monoisotopic (exact) mass is 326 g/mol. The highest BCUT2D eigenvalue weighted by Crippen LogP contribution is 2.32. The molecule has 22 heavy (non-hydrogen) atoms. The fourth-order valence-electron chi connectivity index (χ4n) is 2.09. The van der Waals surface area contributed by atoms with Crippen molar-refractivity contribution in [2.75, 3.05) is 4.72 Å². The molecule has 1 heterocycles. The molecule has 8 heteroatoms. The van der Waals surface area contributed by atoms with E-state index >= 15 is 0 Å². The molecule has 0 unspecified atom stereocenters. The van der Waals surface area contributed by atoms with Gasteiger partial charge in [0.05, 0.1) is 17.5 Å². The molecule has 2 aromatic rings. The predicted octanol–water partition coefficient (Wildman–Crippen LogP) is 3.46. The smallest absolute Gasteiger partial charge is 0.265 e. The average Bonchev–Trinajstić information content (AvgIpc) is 2.45. The molecule has 114 valence electrons. The van der Waals surface area contributed by atoms with Gasteiger partial charge in [0.15, 0.2) is 0 Å². The molecular formula is C14H9F3N2O2S. The first-order valence-corrected chi connectivity index (χ1v) is 7.58. The number of alkyl halides is 3. The maximum absolute atomic E-state index is 12.5. The molecule has 0 radical (unpaired) electrons. The van der Waals surface area contributed by atoms with Gasteiger partial charge in [-0.05, 0) is 35.4 Å². The average molecular weight is 326 g/mol. The zero-order valence-corrected chi connectivity index (χ0v) is 11.7. The second-order valence-corrected chi connectivity index (χ2v) is 6.05. The largest absolute Gasteiger partial charge is 0.416 e. The molecule has 0 aliphatic carbocycles. The van der Waals surface area contributed by atoms with E-state index in [0.717, 1.165) is 12.1 Å². The summed E-state index contributed by atoms with van der Waals surface area (Å²) in [5.74, 6) is 0. The zero-order chi connectivity index (χ0) is 16.0. The molecule has 0 aromatic heterocycles. The van der Waals surface area contributed by atoms with Crippen LogP contribution in [-0.4, -0.2) is 14.6 Å². The maximum atomic E-state index is 12.5. The van der Waals surface area contributed by atoms with Gasteiger partial charge in [0.25, 0.3) is 0 Å². The molecule has 0 spiro atoms. The van der Waals surface area contributed by atoms with Crippen LogP contribution in [0.2, 0.25) is 0 Å². The Morgan fingerprint density at radius 1 is 0.955 bits per heavy atom. The normalized spacial score (nSPS) is 16.0. The minimum absolute atomic E-state index is 0.380.